The maximum Gasteiger partial charge on any atom is 0.101 e. The summed E-state index contributed by atoms with van der Waals surface area (Å²) in [4.78, 5) is 4.58. The number of hydrogen-bond donors (Lipinski definition) is 0. The molecular formula is C78H50N4. The summed E-state index contributed by atoms with van der Waals surface area (Å²) in [6.45, 7) is 0. The van der Waals surface area contributed by atoms with Crippen LogP contribution in [0, 0.1) is 22.7 Å². The molecule has 0 aromatic heterocycles. The molecule has 0 fully saturated rings. The Bertz CT molecular complexity index is 4320. The van der Waals surface area contributed by atoms with Crippen molar-refractivity contribution in [3.63, 3.8) is 0 Å². The average Bonchev–Trinajstić information content (AvgIpc) is 2.50. The number of nitrogens with zero attached hydrogens (tertiary/aromatic N) is 4. The van der Waals surface area contributed by atoms with E-state index in [4.69, 9.17) is 0 Å². The molecule has 0 N–H and O–H groups in total. The largest absolute Gasteiger partial charge is 0.308 e. The van der Waals surface area contributed by atoms with Crippen LogP contribution < -0.4 is 9.80 Å². The van der Waals surface area contributed by atoms with Crippen LogP contribution in [0.1, 0.15) is 11.1 Å². The number of benzene rings is 14. The third-order valence-electron chi connectivity index (χ3n) is 15.8. The Labute approximate surface area is 477 Å². The van der Waals surface area contributed by atoms with Crippen molar-refractivity contribution in [2.75, 3.05) is 9.80 Å². The lowest BCUT2D eigenvalue weighted by Gasteiger charge is -2.31. The SMILES string of the molecule is N#Cc1cc(-c2ccccc2)ccc1N(c1cc(-c2ccccc2)cc(-c2ccccc2)c1)c1ccc2ccc3c(N(c4cc(-c5ccccc5)cc(-c5ccccc5)c4)c4ccc(-c5ccccc5)cc4C#N)ccc4ccc1c2c43. The van der Waals surface area contributed by atoms with E-state index in [1.165, 1.54) is 0 Å². The van der Waals surface area contributed by atoms with Gasteiger partial charge in [-0.2, -0.15) is 10.5 Å². The molecule has 0 bridgehead atoms. The minimum absolute atomic E-state index is 0.551. The van der Waals surface area contributed by atoms with Crippen molar-refractivity contribution in [1.82, 2.24) is 0 Å². The van der Waals surface area contributed by atoms with Crippen molar-refractivity contribution < 1.29 is 0 Å². The van der Waals surface area contributed by atoms with Gasteiger partial charge in [-0.3, -0.25) is 0 Å². The molecule has 382 valence electrons. The summed E-state index contributed by atoms with van der Waals surface area (Å²) in [6.07, 6.45) is 0. The van der Waals surface area contributed by atoms with Crippen LogP contribution in [0.3, 0.4) is 0 Å². The molecule has 0 amide bonds. The quantitative estimate of drug-likeness (QED) is 0.114. The van der Waals surface area contributed by atoms with E-state index < -0.39 is 0 Å². The number of anilines is 6. The van der Waals surface area contributed by atoms with E-state index >= 15 is 0 Å². The van der Waals surface area contributed by atoms with Crippen LogP contribution in [0.2, 0.25) is 0 Å². The highest BCUT2D eigenvalue weighted by Crippen LogP contribution is 2.50. The lowest BCUT2D eigenvalue weighted by Crippen LogP contribution is -2.13. The number of hydrogen-bond acceptors (Lipinski definition) is 4. The monoisotopic (exact) mass is 1040 g/mol. The van der Waals surface area contributed by atoms with E-state index in [2.05, 4.69) is 277 Å². The Morgan fingerprint density at radius 3 is 0.780 bits per heavy atom. The Morgan fingerprint density at radius 2 is 0.488 bits per heavy atom. The fourth-order valence-corrected chi connectivity index (χ4v) is 11.9. The third-order valence-corrected chi connectivity index (χ3v) is 15.8. The summed E-state index contributed by atoms with van der Waals surface area (Å²) < 4.78 is 0. The van der Waals surface area contributed by atoms with Gasteiger partial charge in [0.15, 0.2) is 0 Å². The van der Waals surface area contributed by atoms with Gasteiger partial charge in [0.05, 0.1) is 33.9 Å². The Balaban J connectivity index is 1.03. The fourth-order valence-electron chi connectivity index (χ4n) is 11.9. The molecule has 0 aliphatic carbocycles. The molecule has 14 aromatic rings. The Kier molecular flexibility index (Phi) is 12.6. The van der Waals surface area contributed by atoms with Gasteiger partial charge in [0.2, 0.25) is 0 Å². The highest BCUT2D eigenvalue weighted by molar-refractivity contribution is 6.28. The Morgan fingerprint density at radius 1 is 0.220 bits per heavy atom. The van der Waals surface area contributed by atoms with Gasteiger partial charge in [-0.15, -0.1) is 0 Å². The minimum atomic E-state index is 0.551. The first kappa shape index (κ1) is 49.0. The zero-order valence-electron chi connectivity index (χ0n) is 44.7. The number of nitriles is 2. The maximum atomic E-state index is 11.3. The smallest absolute Gasteiger partial charge is 0.101 e. The van der Waals surface area contributed by atoms with Gasteiger partial charge < -0.3 is 9.80 Å². The predicted octanol–water partition coefficient (Wildman–Crippen LogP) is 21.3. The first-order valence-electron chi connectivity index (χ1n) is 27.6. The predicted molar refractivity (Wildman–Crippen MR) is 342 cm³/mol. The molecule has 0 aliphatic rings. The van der Waals surface area contributed by atoms with Crippen LogP contribution >= 0.6 is 0 Å². The molecule has 0 radical (unpaired) electrons. The van der Waals surface area contributed by atoms with Crippen molar-refractivity contribution in [2.45, 2.75) is 0 Å². The van der Waals surface area contributed by atoms with Gasteiger partial charge in [-0.05, 0) is 161 Å². The van der Waals surface area contributed by atoms with Gasteiger partial charge in [-0.1, -0.05) is 231 Å². The van der Waals surface area contributed by atoms with E-state index in [1.54, 1.807) is 0 Å². The summed E-state index contributed by atoms with van der Waals surface area (Å²) in [6, 6.07) is 112. The van der Waals surface area contributed by atoms with E-state index in [0.29, 0.717) is 11.1 Å². The highest BCUT2D eigenvalue weighted by atomic mass is 15.2. The van der Waals surface area contributed by atoms with Gasteiger partial charge >= 0.3 is 0 Å². The van der Waals surface area contributed by atoms with Crippen molar-refractivity contribution >= 4 is 66.4 Å². The molecule has 4 nitrogen and oxygen atoms in total. The van der Waals surface area contributed by atoms with Gasteiger partial charge in [0, 0.05) is 22.1 Å². The topological polar surface area (TPSA) is 54.1 Å². The lowest BCUT2D eigenvalue weighted by atomic mass is 9.91. The molecule has 0 unspecified atom stereocenters. The van der Waals surface area contributed by atoms with Crippen molar-refractivity contribution in [3.05, 3.63) is 314 Å². The summed E-state index contributed by atoms with van der Waals surface area (Å²) in [7, 11) is 0. The summed E-state index contributed by atoms with van der Waals surface area (Å²) in [5, 5.41) is 29.0. The molecule has 4 heteroatoms. The molecule has 82 heavy (non-hydrogen) atoms. The minimum Gasteiger partial charge on any atom is -0.308 e. The first-order valence-corrected chi connectivity index (χ1v) is 27.6. The first-order chi connectivity index (χ1) is 40.6. The van der Waals surface area contributed by atoms with E-state index in [1.807, 2.05) is 48.5 Å². The maximum absolute atomic E-state index is 11.3. The molecule has 0 spiro atoms. The molecular weight excluding hydrogens is 993 g/mol. The van der Waals surface area contributed by atoms with Crippen molar-refractivity contribution in [3.8, 4) is 78.9 Å². The summed E-state index contributed by atoms with van der Waals surface area (Å²) in [5.74, 6) is 0. The van der Waals surface area contributed by atoms with Crippen molar-refractivity contribution in [2.24, 2.45) is 0 Å². The van der Waals surface area contributed by atoms with E-state index in [9.17, 15) is 10.5 Å². The van der Waals surface area contributed by atoms with Crippen molar-refractivity contribution in [1.29, 1.82) is 10.5 Å². The van der Waals surface area contributed by atoms with Crippen LogP contribution in [-0.2, 0) is 0 Å². The van der Waals surface area contributed by atoms with Crippen LogP contribution in [0.15, 0.2) is 303 Å². The Hall–Kier alpha value is -11.3. The molecule has 0 saturated carbocycles. The van der Waals surface area contributed by atoms with Gasteiger partial charge in [-0.25, -0.2) is 0 Å². The zero-order valence-corrected chi connectivity index (χ0v) is 44.7. The molecule has 14 rings (SSSR count). The van der Waals surface area contributed by atoms with Gasteiger partial charge in [0.25, 0.3) is 0 Å². The van der Waals surface area contributed by atoms with Crippen LogP contribution in [0.4, 0.5) is 34.1 Å². The van der Waals surface area contributed by atoms with Gasteiger partial charge in [0.1, 0.15) is 12.1 Å². The zero-order chi connectivity index (χ0) is 54.9. The molecule has 0 saturated heterocycles. The third kappa shape index (κ3) is 9.03. The molecule has 14 aromatic carbocycles. The molecule has 0 aliphatic heterocycles. The second-order valence-corrected chi connectivity index (χ2v) is 20.7. The summed E-state index contributed by atoms with van der Waals surface area (Å²) >= 11 is 0. The second kappa shape index (κ2) is 21.2. The average molecular weight is 1040 g/mol. The normalized spacial score (nSPS) is 11.1. The van der Waals surface area contributed by atoms with Crippen LogP contribution in [-0.4, -0.2) is 0 Å². The van der Waals surface area contributed by atoms with E-state index in [-0.39, 0.29) is 0 Å². The second-order valence-electron chi connectivity index (χ2n) is 20.7. The fraction of sp³-hybridized carbons (Fsp3) is 0. The molecule has 0 heterocycles. The summed E-state index contributed by atoms with van der Waals surface area (Å²) in [5.41, 5.74) is 19.0. The van der Waals surface area contributed by atoms with E-state index in [0.717, 1.165) is 133 Å². The van der Waals surface area contributed by atoms with Crippen LogP contribution in [0.5, 0.6) is 0 Å². The lowest BCUT2D eigenvalue weighted by molar-refractivity contribution is 1.28. The molecule has 0 atom stereocenters. The number of rotatable bonds is 12. The van der Waals surface area contributed by atoms with Crippen LogP contribution in [0.25, 0.3) is 99.1 Å². The highest BCUT2D eigenvalue weighted by Gasteiger charge is 2.26. The standard InChI is InChI=1S/C78H50N4/c79-51-67-43-61(53-19-7-1-8-20-53)35-39-73(67)81(69-47-63(55-23-11-3-12-24-55)45-64(48-69)56-25-13-4-14-26-56)75-41-33-59-32-38-72-76(42-34-60-31-37-71(75)77(59)78(60)72)82(74-40-36-62(44-68(74)52-80)54-21-9-2-10-22-54)70-49-65(57-27-15-5-16-28-57)46-66(50-70)58-29-17-6-18-30-58/h1-50H.